The Hall–Kier alpha value is -0.0800. The van der Waals surface area contributed by atoms with Crippen molar-refractivity contribution in [3.05, 3.63) is 0 Å². The Bertz CT molecular complexity index is 123. The van der Waals surface area contributed by atoms with Gasteiger partial charge < -0.3 is 5.32 Å². The zero-order valence-electron chi connectivity index (χ0n) is 9.18. The predicted molar refractivity (Wildman–Crippen MR) is 58.0 cm³/mol. The summed E-state index contributed by atoms with van der Waals surface area (Å²) in [7, 11) is 2.04. The van der Waals surface area contributed by atoms with Crippen LogP contribution in [0.2, 0.25) is 0 Å². The molecular formula is C11H24N2. The second kappa shape index (κ2) is 6.39. The fourth-order valence-electron chi connectivity index (χ4n) is 2.27. The van der Waals surface area contributed by atoms with Crippen LogP contribution in [0.4, 0.5) is 0 Å². The van der Waals surface area contributed by atoms with Crippen LogP contribution < -0.4 is 5.32 Å². The van der Waals surface area contributed by atoms with E-state index in [0.29, 0.717) is 0 Å². The number of hydrogen-bond donors (Lipinski definition) is 1. The van der Waals surface area contributed by atoms with Gasteiger partial charge in [-0.25, -0.2) is 0 Å². The molecule has 1 N–H and O–H groups in total. The Labute approximate surface area is 82.7 Å². The van der Waals surface area contributed by atoms with E-state index in [1.54, 1.807) is 0 Å². The van der Waals surface area contributed by atoms with Crippen molar-refractivity contribution < 1.29 is 0 Å². The third-order valence-electron chi connectivity index (χ3n) is 3.02. The first kappa shape index (κ1) is 11.0. The maximum absolute atomic E-state index is 3.24. The summed E-state index contributed by atoms with van der Waals surface area (Å²) in [6.45, 7) is 6.00. The molecule has 0 aromatic heterocycles. The van der Waals surface area contributed by atoms with Gasteiger partial charge in [0, 0.05) is 19.1 Å². The first-order chi connectivity index (χ1) is 6.38. The van der Waals surface area contributed by atoms with Crippen molar-refractivity contribution in [3.8, 4) is 0 Å². The van der Waals surface area contributed by atoms with Gasteiger partial charge in [0.15, 0.2) is 0 Å². The Kier molecular flexibility index (Phi) is 5.40. The summed E-state index contributed by atoms with van der Waals surface area (Å²) in [5.41, 5.74) is 0. The van der Waals surface area contributed by atoms with Crippen LogP contribution in [0.5, 0.6) is 0 Å². The van der Waals surface area contributed by atoms with Crippen LogP contribution in [-0.4, -0.2) is 37.6 Å². The van der Waals surface area contributed by atoms with Gasteiger partial charge in [0.05, 0.1) is 0 Å². The molecule has 0 amide bonds. The van der Waals surface area contributed by atoms with Gasteiger partial charge in [-0.1, -0.05) is 19.8 Å². The molecule has 78 valence electrons. The van der Waals surface area contributed by atoms with Crippen LogP contribution in [0.3, 0.4) is 0 Å². The average Bonchev–Trinajstić information content (AvgIpc) is 2.17. The Morgan fingerprint density at radius 3 is 2.92 bits per heavy atom. The number of likely N-dealkylation sites (N-methyl/N-ethyl adjacent to an activating group) is 1. The average molecular weight is 184 g/mol. The van der Waals surface area contributed by atoms with Gasteiger partial charge >= 0.3 is 0 Å². The molecule has 0 aliphatic carbocycles. The lowest BCUT2D eigenvalue weighted by Gasteiger charge is -2.35. The molecule has 1 rings (SSSR count). The number of rotatable bonds is 5. The highest BCUT2D eigenvalue weighted by Gasteiger charge is 2.20. The van der Waals surface area contributed by atoms with Crippen molar-refractivity contribution in [1.82, 2.24) is 10.2 Å². The quantitative estimate of drug-likeness (QED) is 0.701. The van der Waals surface area contributed by atoms with Crippen molar-refractivity contribution in [1.29, 1.82) is 0 Å². The number of nitrogens with zero attached hydrogens (tertiary/aromatic N) is 1. The molecule has 1 atom stereocenters. The molecule has 1 aliphatic heterocycles. The van der Waals surface area contributed by atoms with E-state index in [0.717, 1.165) is 12.6 Å². The second-order valence-electron chi connectivity index (χ2n) is 4.08. The first-order valence-electron chi connectivity index (χ1n) is 5.77. The summed E-state index contributed by atoms with van der Waals surface area (Å²) in [5.74, 6) is 0. The minimum absolute atomic E-state index is 0.882. The molecular weight excluding hydrogens is 160 g/mol. The SMILES string of the molecule is CCCC1CCCCN1CCNC. The lowest BCUT2D eigenvalue weighted by Crippen LogP contribution is -2.42. The minimum atomic E-state index is 0.882. The van der Waals surface area contributed by atoms with Crippen molar-refractivity contribution in [2.75, 3.05) is 26.7 Å². The Balaban J connectivity index is 2.28. The van der Waals surface area contributed by atoms with E-state index in [9.17, 15) is 0 Å². The number of likely N-dealkylation sites (tertiary alicyclic amines) is 1. The molecule has 0 aromatic rings. The summed E-state index contributed by atoms with van der Waals surface area (Å²) in [5, 5.41) is 3.24. The van der Waals surface area contributed by atoms with Crippen molar-refractivity contribution >= 4 is 0 Å². The third-order valence-corrected chi connectivity index (χ3v) is 3.02. The van der Waals surface area contributed by atoms with Gasteiger partial charge in [-0.05, 0) is 32.9 Å². The van der Waals surface area contributed by atoms with E-state index in [1.165, 1.54) is 45.2 Å². The molecule has 0 saturated carbocycles. The standard InChI is InChI=1S/C11H24N2/c1-3-6-11-7-4-5-9-13(11)10-8-12-2/h11-12H,3-10H2,1-2H3. The van der Waals surface area contributed by atoms with Gasteiger partial charge in [-0.2, -0.15) is 0 Å². The van der Waals surface area contributed by atoms with Crippen LogP contribution in [0, 0.1) is 0 Å². The lowest BCUT2D eigenvalue weighted by atomic mass is 9.98. The minimum Gasteiger partial charge on any atom is -0.318 e. The summed E-state index contributed by atoms with van der Waals surface area (Å²) in [6, 6.07) is 0.882. The Morgan fingerprint density at radius 2 is 2.23 bits per heavy atom. The monoisotopic (exact) mass is 184 g/mol. The third kappa shape index (κ3) is 3.65. The molecule has 1 heterocycles. The highest BCUT2D eigenvalue weighted by atomic mass is 15.2. The van der Waals surface area contributed by atoms with E-state index in [2.05, 4.69) is 17.1 Å². The van der Waals surface area contributed by atoms with Crippen LogP contribution in [0.25, 0.3) is 0 Å². The molecule has 2 heteroatoms. The highest BCUT2D eigenvalue weighted by Crippen LogP contribution is 2.19. The molecule has 13 heavy (non-hydrogen) atoms. The molecule has 0 bridgehead atoms. The summed E-state index contributed by atoms with van der Waals surface area (Å²) in [6.07, 6.45) is 7.01. The fraction of sp³-hybridized carbons (Fsp3) is 1.00. The summed E-state index contributed by atoms with van der Waals surface area (Å²) >= 11 is 0. The van der Waals surface area contributed by atoms with Crippen LogP contribution in [-0.2, 0) is 0 Å². The van der Waals surface area contributed by atoms with E-state index in [1.807, 2.05) is 7.05 Å². The topological polar surface area (TPSA) is 15.3 Å². The van der Waals surface area contributed by atoms with Crippen molar-refractivity contribution in [2.45, 2.75) is 45.1 Å². The van der Waals surface area contributed by atoms with E-state index < -0.39 is 0 Å². The van der Waals surface area contributed by atoms with Gasteiger partial charge in [0.2, 0.25) is 0 Å². The summed E-state index contributed by atoms with van der Waals surface area (Å²) in [4.78, 5) is 2.67. The molecule has 1 saturated heterocycles. The number of nitrogens with one attached hydrogen (secondary N) is 1. The van der Waals surface area contributed by atoms with E-state index in [4.69, 9.17) is 0 Å². The van der Waals surface area contributed by atoms with Crippen molar-refractivity contribution in [2.24, 2.45) is 0 Å². The largest absolute Gasteiger partial charge is 0.318 e. The van der Waals surface area contributed by atoms with Gasteiger partial charge in [-0.3, -0.25) is 4.90 Å². The van der Waals surface area contributed by atoms with E-state index in [-0.39, 0.29) is 0 Å². The van der Waals surface area contributed by atoms with Crippen LogP contribution >= 0.6 is 0 Å². The highest BCUT2D eigenvalue weighted by molar-refractivity contribution is 4.76. The Morgan fingerprint density at radius 1 is 1.38 bits per heavy atom. The molecule has 0 spiro atoms. The van der Waals surface area contributed by atoms with Crippen LogP contribution in [0.15, 0.2) is 0 Å². The molecule has 1 unspecified atom stereocenters. The molecule has 1 aliphatic rings. The maximum Gasteiger partial charge on any atom is 0.0110 e. The van der Waals surface area contributed by atoms with Gasteiger partial charge in [0.1, 0.15) is 0 Å². The van der Waals surface area contributed by atoms with Gasteiger partial charge in [-0.15, -0.1) is 0 Å². The van der Waals surface area contributed by atoms with E-state index >= 15 is 0 Å². The van der Waals surface area contributed by atoms with Gasteiger partial charge in [0.25, 0.3) is 0 Å². The van der Waals surface area contributed by atoms with Crippen molar-refractivity contribution in [3.63, 3.8) is 0 Å². The van der Waals surface area contributed by atoms with Crippen LogP contribution in [0.1, 0.15) is 39.0 Å². The zero-order chi connectivity index (χ0) is 9.52. The second-order valence-corrected chi connectivity index (χ2v) is 4.08. The first-order valence-corrected chi connectivity index (χ1v) is 5.77. The number of piperidine rings is 1. The molecule has 0 radical (unpaired) electrons. The lowest BCUT2D eigenvalue weighted by molar-refractivity contribution is 0.141. The molecule has 0 aromatic carbocycles. The maximum atomic E-state index is 3.24. The predicted octanol–water partition coefficient (Wildman–Crippen LogP) is 1.86. The normalized spacial score (nSPS) is 24.9. The fourth-order valence-corrected chi connectivity index (χ4v) is 2.27. The molecule has 2 nitrogen and oxygen atoms in total. The zero-order valence-corrected chi connectivity index (χ0v) is 9.18. The summed E-state index contributed by atoms with van der Waals surface area (Å²) < 4.78 is 0. The smallest absolute Gasteiger partial charge is 0.0110 e. The number of hydrogen-bond acceptors (Lipinski definition) is 2. The molecule has 1 fully saturated rings.